The standard InChI is InChI=1S/C13H17NO/c1-15-12-4-2-9(3-5-12)13-7-10-6-11(10)8-14-13/h2-5,10-11,13-14H,6-8H2,1H3. The zero-order valence-corrected chi connectivity index (χ0v) is 9.07. The van der Waals surface area contributed by atoms with Crippen LogP contribution >= 0.6 is 0 Å². The van der Waals surface area contributed by atoms with Gasteiger partial charge in [-0.2, -0.15) is 0 Å². The Kier molecular flexibility index (Phi) is 2.17. The van der Waals surface area contributed by atoms with Gasteiger partial charge in [0, 0.05) is 6.04 Å². The number of ether oxygens (including phenoxy) is 1. The molecule has 2 nitrogen and oxygen atoms in total. The third kappa shape index (κ3) is 1.74. The predicted octanol–water partition coefficient (Wildman–Crippen LogP) is 2.37. The minimum Gasteiger partial charge on any atom is -0.497 e. The molecule has 3 atom stereocenters. The van der Waals surface area contributed by atoms with Crippen molar-refractivity contribution in [1.29, 1.82) is 0 Å². The van der Waals surface area contributed by atoms with Crippen LogP contribution in [0.4, 0.5) is 0 Å². The molecule has 3 rings (SSSR count). The Morgan fingerprint density at radius 3 is 2.60 bits per heavy atom. The fourth-order valence-electron chi connectivity index (χ4n) is 2.62. The highest BCUT2D eigenvalue weighted by Gasteiger charge is 2.42. The van der Waals surface area contributed by atoms with E-state index < -0.39 is 0 Å². The Bertz CT molecular complexity index is 346. The average Bonchev–Trinajstić information content (AvgIpc) is 3.07. The van der Waals surface area contributed by atoms with Crippen LogP contribution in [0.15, 0.2) is 24.3 Å². The van der Waals surface area contributed by atoms with Crippen molar-refractivity contribution >= 4 is 0 Å². The molecule has 2 fully saturated rings. The van der Waals surface area contributed by atoms with Crippen molar-refractivity contribution in [2.45, 2.75) is 18.9 Å². The molecule has 1 heterocycles. The second-order valence-corrected chi connectivity index (χ2v) is 4.73. The van der Waals surface area contributed by atoms with E-state index >= 15 is 0 Å². The molecule has 1 N–H and O–H groups in total. The number of rotatable bonds is 2. The molecule has 3 unspecified atom stereocenters. The highest BCUT2D eigenvalue weighted by molar-refractivity contribution is 5.29. The molecule has 1 saturated carbocycles. The van der Waals surface area contributed by atoms with Crippen LogP contribution in [0.2, 0.25) is 0 Å². The SMILES string of the molecule is COc1ccc(C2CC3CC3CN2)cc1. The Morgan fingerprint density at radius 1 is 1.13 bits per heavy atom. The Labute approximate surface area is 90.6 Å². The zero-order valence-electron chi connectivity index (χ0n) is 9.07. The number of nitrogens with one attached hydrogen (secondary N) is 1. The van der Waals surface area contributed by atoms with Crippen LogP contribution < -0.4 is 10.1 Å². The van der Waals surface area contributed by atoms with Gasteiger partial charge in [-0.05, 0) is 48.9 Å². The van der Waals surface area contributed by atoms with Crippen molar-refractivity contribution in [1.82, 2.24) is 5.32 Å². The van der Waals surface area contributed by atoms with Crippen LogP contribution in [0.1, 0.15) is 24.4 Å². The topological polar surface area (TPSA) is 21.3 Å². The smallest absolute Gasteiger partial charge is 0.118 e. The maximum atomic E-state index is 5.17. The molecule has 0 amide bonds. The highest BCUT2D eigenvalue weighted by Crippen LogP contribution is 2.47. The second-order valence-electron chi connectivity index (χ2n) is 4.73. The van der Waals surface area contributed by atoms with Crippen molar-refractivity contribution in [3.8, 4) is 5.75 Å². The summed E-state index contributed by atoms with van der Waals surface area (Å²) in [5.41, 5.74) is 1.40. The first-order valence-corrected chi connectivity index (χ1v) is 5.74. The van der Waals surface area contributed by atoms with E-state index in [0.29, 0.717) is 6.04 Å². The third-order valence-corrected chi connectivity index (χ3v) is 3.75. The summed E-state index contributed by atoms with van der Waals surface area (Å²) in [5.74, 6) is 2.93. The molecule has 0 radical (unpaired) electrons. The number of methoxy groups -OCH3 is 1. The number of benzene rings is 1. The van der Waals surface area contributed by atoms with Gasteiger partial charge >= 0.3 is 0 Å². The van der Waals surface area contributed by atoms with Crippen molar-refractivity contribution in [3.63, 3.8) is 0 Å². The van der Waals surface area contributed by atoms with Gasteiger partial charge in [-0.15, -0.1) is 0 Å². The van der Waals surface area contributed by atoms with Crippen molar-refractivity contribution < 1.29 is 4.74 Å². The van der Waals surface area contributed by atoms with Gasteiger partial charge < -0.3 is 10.1 Å². The lowest BCUT2D eigenvalue weighted by molar-refractivity contribution is 0.393. The van der Waals surface area contributed by atoms with Crippen LogP contribution in [-0.4, -0.2) is 13.7 Å². The monoisotopic (exact) mass is 203 g/mol. The fourth-order valence-corrected chi connectivity index (χ4v) is 2.62. The maximum Gasteiger partial charge on any atom is 0.118 e. The van der Waals surface area contributed by atoms with Crippen LogP contribution in [0.25, 0.3) is 0 Å². The molecule has 1 aliphatic carbocycles. The molecule has 1 aliphatic heterocycles. The number of hydrogen-bond acceptors (Lipinski definition) is 2. The van der Waals surface area contributed by atoms with E-state index in [-0.39, 0.29) is 0 Å². The zero-order chi connectivity index (χ0) is 10.3. The molecule has 1 saturated heterocycles. The van der Waals surface area contributed by atoms with Crippen molar-refractivity contribution in [2.75, 3.05) is 13.7 Å². The molecule has 2 heteroatoms. The van der Waals surface area contributed by atoms with Gasteiger partial charge in [0.2, 0.25) is 0 Å². The summed E-state index contributed by atoms with van der Waals surface area (Å²) >= 11 is 0. The van der Waals surface area contributed by atoms with E-state index in [4.69, 9.17) is 4.74 Å². The Morgan fingerprint density at radius 2 is 1.93 bits per heavy atom. The Balaban J connectivity index is 1.74. The fraction of sp³-hybridized carbons (Fsp3) is 0.538. The summed E-state index contributed by atoms with van der Waals surface area (Å²) in [4.78, 5) is 0. The van der Waals surface area contributed by atoms with E-state index in [9.17, 15) is 0 Å². The summed E-state index contributed by atoms with van der Waals surface area (Å²) < 4.78 is 5.17. The van der Waals surface area contributed by atoms with Gasteiger partial charge in [-0.1, -0.05) is 12.1 Å². The molecule has 0 bridgehead atoms. The van der Waals surface area contributed by atoms with E-state index in [2.05, 4.69) is 29.6 Å². The number of fused-ring (bicyclic) bond motifs is 1. The van der Waals surface area contributed by atoms with E-state index in [1.165, 1.54) is 24.9 Å². The minimum atomic E-state index is 0.569. The predicted molar refractivity (Wildman–Crippen MR) is 60.0 cm³/mol. The van der Waals surface area contributed by atoms with Crippen LogP contribution in [0.3, 0.4) is 0 Å². The third-order valence-electron chi connectivity index (χ3n) is 3.75. The van der Waals surface area contributed by atoms with Gasteiger partial charge in [0.05, 0.1) is 7.11 Å². The summed E-state index contributed by atoms with van der Waals surface area (Å²) in [6.45, 7) is 1.21. The van der Waals surface area contributed by atoms with E-state index in [0.717, 1.165) is 17.6 Å². The number of hydrogen-bond donors (Lipinski definition) is 1. The van der Waals surface area contributed by atoms with Crippen molar-refractivity contribution in [3.05, 3.63) is 29.8 Å². The lowest BCUT2D eigenvalue weighted by Crippen LogP contribution is -2.28. The number of piperidine rings is 1. The first kappa shape index (κ1) is 9.22. The van der Waals surface area contributed by atoms with Gasteiger partial charge in [0.25, 0.3) is 0 Å². The molecule has 15 heavy (non-hydrogen) atoms. The van der Waals surface area contributed by atoms with Crippen LogP contribution in [-0.2, 0) is 0 Å². The first-order valence-electron chi connectivity index (χ1n) is 5.74. The summed E-state index contributed by atoms with van der Waals surface area (Å²) in [7, 11) is 1.71. The van der Waals surface area contributed by atoms with Gasteiger partial charge in [0.15, 0.2) is 0 Å². The molecule has 80 valence electrons. The van der Waals surface area contributed by atoms with E-state index in [1.54, 1.807) is 7.11 Å². The normalized spacial score (nSPS) is 33.3. The van der Waals surface area contributed by atoms with Crippen LogP contribution in [0.5, 0.6) is 5.75 Å². The van der Waals surface area contributed by atoms with Gasteiger partial charge in [0.1, 0.15) is 5.75 Å². The second kappa shape index (κ2) is 3.53. The lowest BCUT2D eigenvalue weighted by Gasteiger charge is -2.23. The lowest BCUT2D eigenvalue weighted by atomic mass is 9.97. The quantitative estimate of drug-likeness (QED) is 0.796. The van der Waals surface area contributed by atoms with Gasteiger partial charge in [-0.25, -0.2) is 0 Å². The molecule has 1 aromatic carbocycles. The maximum absolute atomic E-state index is 5.17. The minimum absolute atomic E-state index is 0.569. The van der Waals surface area contributed by atoms with E-state index in [1.807, 2.05) is 0 Å². The average molecular weight is 203 g/mol. The molecule has 1 aromatic rings. The van der Waals surface area contributed by atoms with Gasteiger partial charge in [-0.3, -0.25) is 0 Å². The summed E-state index contributed by atoms with van der Waals surface area (Å²) in [5, 5.41) is 3.62. The largest absolute Gasteiger partial charge is 0.497 e. The highest BCUT2D eigenvalue weighted by atomic mass is 16.5. The summed E-state index contributed by atoms with van der Waals surface area (Å²) in [6.07, 6.45) is 2.76. The molecule has 2 aliphatic rings. The molecule has 0 spiro atoms. The molecular weight excluding hydrogens is 186 g/mol. The molecular formula is C13H17NO. The van der Waals surface area contributed by atoms with Crippen molar-refractivity contribution in [2.24, 2.45) is 11.8 Å². The van der Waals surface area contributed by atoms with Crippen LogP contribution in [0, 0.1) is 11.8 Å². The Hall–Kier alpha value is -1.02. The summed E-state index contributed by atoms with van der Waals surface area (Å²) in [6, 6.07) is 9.03. The molecule has 0 aromatic heterocycles. The first-order chi connectivity index (χ1) is 7.36.